The van der Waals surface area contributed by atoms with Crippen LogP contribution in [0.3, 0.4) is 0 Å². The number of hydrogen-bond acceptors (Lipinski definition) is 4. The highest BCUT2D eigenvalue weighted by Gasteiger charge is 2.60. The Kier molecular flexibility index (Phi) is 4.94. The summed E-state index contributed by atoms with van der Waals surface area (Å²) < 4.78 is 8.22. The summed E-state index contributed by atoms with van der Waals surface area (Å²) in [6.45, 7) is 0. The number of halogens is 1. The molecule has 2 saturated carbocycles. The largest absolute Gasteiger partial charge is 0.244 e. The Balaban J connectivity index is 1.37. The number of allylic oxidation sites excluding steroid dienone is 4. The highest BCUT2D eigenvalue weighted by molar-refractivity contribution is 7.86. The molecule has 2 fully saturated rings. The highest BCUT2D eigenvalue weighted by Crippen LogP contribution is 2.79. The zero-order valence-corrected chi connectivity index (χ0v) is 21.2. The molecule has 168 valence electrons. The third-order valence-corrected chi connectivity index (χ3v) is 14.5. The molecule has 0 radical (unpaired) electrons. The van der Waals surface area contributed by atoms with Gasteiger partial charge in [0.15, 0.2) is 8.22 Å². The van der Waals surface area contributed by atoms with Crippen molar-refractivity contribution in [2.45, 2.75) is 115 Å². The number of hydrogen-bond donors (Lipinski definition) is 0. The van der Waals surface area contributed by atoms with Crippen LogP contribution in [-0.2, 0) is 0 Å². The predicted molar refractivity (Wildman–Crippen MR) is 131 cm³/mol. The molecule has 0 amide bonds. The summed E-state index contributed by atoms with van der Waals surface area (Å²) in [5.74, 6) is 0.727. The summed E-state index contributed by atoms with van der Waals surface area (Å²) in [5, 5.41) is 8.96. The highest BCUT2D eigenvalue weighted by atomic mass is 35.7. The summed E-state index contributed by atoms with van der Waals surface area (Å²) in [4.78, 5) is 0. The minimum atomic E-state index is -0.699. The van der Waals surface area contributed by atoms with Crippen LogP contribution in [0.2, 0.25) is 0 Å². The molecule has 0 N–H and O–H groups in total. The SMILES string of the molecule is ClP1C2=C(CCCC2)N2N1C1=C(CCCC1)P2N1N=C2CCCC[C@H]2C12CCCCC2. The summed E-state index contributed by atoms with van der Waals surface area (Å²) in [7, 11) is -1.26. The molecule has 4 nitrogen and oxygen atoms in total. The van der Waals surface area contributed by atoms with Gasteiger partial charge in [-0.15, -0.1) is 0 Å². The van der Waals surface area contributed by atoms with E-state index in [-0.39, 0.29) is 0 Å². The average Bonchev–Trinajstić information content (AvgIpc) is 3.42. The van der Waals surface area contributed by atoms with Crippen molar-refractivity contribution in [1.29, 1.82) is 0 Å². The van der Waals surface area contributed by atoms with E-state index in [0.717, 1.165) is 5.92 Å². The van der Waals surface area contributed by atoms with Crippen LogP contribution in [0.4, 0.5) is 0 Å². The molecule has 3 heterocycles. The molecule has 0 aromatic rings. The van der Waals surface area contributed by atoms with Crippen molar-refractivity contribution in [1.82, 2.24) is 14.3 Å². The third-order valence-electron chi connectivity index (χ3n) is 9.04. The van der Waals surface area contributed by atoms with Gasteiger partial charge in [0.05, 0.1) is 5.54 Å². The van der Waals surface area contributed by atoms with Gasteiger partial charge in [0.1, 0.15) is 7.43 Å². The quantitative estimate of drug-likeness (QED) is 0.354. The van der Waals surface area contributed by atoms with Crippen LogP contribution in [0.25, 0.3) is 0 Å². The fourth-order valence-corrected chi connectivity index (χ4v) is 14.1. The van der Waals surface area contributed by atoms with Crippen molar-refractivity contribution >= 4 is 32.6 Å². The van der Waals surface area contributed by atoms with Gasteiger partial charge in [0, 0.05) is 33.7 Å². The molecule has 3 atom stereocenters. The van der Waals surface area contributed by atoms with Crippen LogP contribution in [0, 0.1) is 5.92 Å². The maximum atomic E-state index is 7.29. The lowest BCUT2D eigenvalue weighted by Crippen LogP contribution is -2.50. The number of fused-ring (bicyclic) bond motifs is 5. The van der Waals surface area contributed by atoms with Crippen molar-refractivity contribution < 1.29 is 0 Å². The molecular weight excluding hydrogens is 442 g/mol. The molecule has 7 aliphatic rings. The van der Waals surface area contributed by atoms with Crippen LogP contribution in [-0.4, -0.2) is 25.6 Å². The zero-order valence-electron chi connectivity index (χ0n) is 18.7. The van der Waals surface area contributed by atoms with Gasteiger partial charge in [-0.25, -0.2) is 14.3 Å². The third kappa shape index (κ3) is 2.77. The zero-order chi connectivity index (χ0) is 20.6. The van der Waals surface area contributed by atoms with Crippen LogP contribution < -0.4 is 0 Å². The normalized spacial score (nSPS) is 36.6. The monoisotopic (exact) mass is 476 g/mol. The standard InChI is InChI=1S/C24H35ClN4P2/c25-30-22-14-6-4-12-20(22)28-27(30)21-13-5-7-15-23(21)31(28)29-24(16-8-1-9-17-24)18-10-2-3-11-19(18)26-29/h18H,1-17H2/t18-,30?,31?/m1/s1. The molecule has 4 aliphatic carbocycles. The number of rotatable bonds is 1. The number of hydrazone groups is 1. The summed E-state index contributed by atoms with van der Waals surface area (Å²) in [6, 6.07) is 0. The summed E-state index contributed by atoms with van der Waals surface area (Å²) in [6.07, 6.45) is 22.6. The molecule has 1 spiro atoms. The van der Waals surface area contributed by atoms with Crippen LogP contribution in [0.5, 0.6) is 0 Å². The molecule has 3 aliphatic heterocycles. The first-order valence-electron chi connectivity index (χ1n) is 13.0. The van der Waals surface area contributed by atoms with E-state index >= 15 is 0 Å². The summed E-state index contributed by atoms with van der Waals surface area (Å²) >= 11 is 7.29. The van der Waals surface area contributed by atoms with E-state index < -0.39 is 15.6 Å². The second-order valence-corrected chi connectivity index (χ2v) is 14.9. The summed E-state index contributed by atoms with van der Waals surface area (Å²) in [5.41, 5.74) is 5.11. The minimum Gasteiger partial charge on any atom is -0.244 e. The van der Waals surface area contributed by atoms with Gasteiger partial charge in [-0.05, 0) is 83.5 Å². The predicted octanol–water partition coefficient (Wildman–Crippen LogP) is 8.53. The first-order valence-corrected chi connectivity index (χ1v) is 16.4. The first kappa shape index (κ1) is 20.1. The van der Waals surface area contributed by atoms with Crippen molar-refractivity contribution in [3.63, 3.8) is 0 Å². The Bertz CT molecular complexity index is 877. The van der Waals surface area contributed by atoms with Crippen molar-refractivity contribution in [2.75, 3.05) is 0 Å². The molecule has 31 heavy (non-hydrogen) atoms. The fraction of sp³-hybridized carbons (Fsp3) is 0.792. The van der Waals surface area contributed by atoms with Gasteiger partial charge in [-0.2, -0.15) is 5.10 Å². The topological polar surface area (TPSA) is 22.1 Å². The van der Waals surface area contributed by atoms with Crippen molar-refractivity contribution in [2.24, 2.45) is 11.0 Å². The lowest BCUT2D eigenvalue weighted by Gasteiger charge is -2.49. The fourth-order valence-electron chi connectivity index (χ4n) is 7.62. The molecule has 0 aromatic carbocycles. The van der Waals surface area contributed by atoms with Gasteiger partial charge in [-0.1, -0.05) is 36.9 Å². The Morgan fingerprint density at radius 1 is 0.742 bits per heavy atom. The molecule has 7 heteroatoms. The van der Waals surface area contributed by atoms with E-state index in [4.69, 9.17) is 16.3 Å². The second-order valence-electron chi connectivity index (χ2n) is 10.7. The van der Waals surface area contributed by atoms with Crippen molar-refractivity contribution in [3.05, 3.63) is 22.0 Å². The van der Waals surface area contributed by atoms with Gasteiger partial charge in [0.25, 0.3) is 0 Å². The lowest BCUT2D eigenvalue weighted by molar-refractivity contribution is 0.104. The van der Waals surface area contributed by atoms with Crippen LogP contribution in [0.1, 0.15) is 109 Å². The maximum Gasteiger partial charge on any atom is 0.163 e. The molecule has 2 unspecified atom stereocenters. The Labute approximate surface area is 194 Å². The van der Waals surface area contributed by atoms with Gasteiger partial charge < -0.3 is 0 Å². The molecular formula is C24H35ClN4P2. The number of nitrogens with zero attached hydrogens (tertiary/aromatic N) is 4. The lowest BCUT2D eigenvalue weighted by atomic mass is 9.68. The van der Waals surface area contributed by atoms with Crippen LogP contribution >= 0.6 is 26.9 Å². The minimum absolute atomic E-state index is 0.304. The van der Waals surface area contributed by atoms with E-state index in [0.29, 0.717) is 5.54 Å². The van der Waals surface area contributed by atoms with E-state index in [1.165, 1.54) is 109 Å². The molecule has 0 aromatic heterocycles. The Hall–Kier alpha value is -0.300. The Morgan fingerprint density at radius 3 is 2.23 bits per heavy atom. The van der Waals surface area contributed by atoms with Crippen LogP contribution in [0.15, 0.2) is 27.1 Å². The van der Waals surface area contributed by atoms with E-state index in [1.807, 2.05) is 0 Å². The molecule has 0 bridgehead atoms. The van der Waals surface area contributed by atoms with E-state index in [9.17, 15) is 0 Å². The number of hydrazine groups is 1. The Morgan fingerprint density at radius 2 is 1.42 bits per heavy atom. The van der Waals surface area contributed by atoms with Gasteiger partial charge >= 0.3 is 0 Å². The molecule has 7 rings (SSSR count). The molecule has 0 saturated heterocycles. The van der Waals surface area contributed by atoms with E-state index in [2.05, 4.69) is 14.3 Å². The average molecular weight is 477 g/mol. The smallest absolute Gasteiger partial charge is 0.163 e. The van der Waals surface area contributed by atoms with E-state index in [1.54, 1.807) is 27.7 Å². The van der Waals surface area contributed by atoms with Gasteiger partial charge in [-0.3, -0.25) is 0 Å². The first-order chi connectivity index (χ1) is 15.3. The maximum absolute atomic E-state index is 7.29. The van der Waals surface area contributed by atoms with Crippen molar-refractivity contribution in [3.8, 4) is 0 Å². The van der Waals surface area contributed by atoms with Gasteiger partial charge in [0.2, 0.25) is 0 Å². The second kappa shape index (κ2) is 7.61.